The van der Waals surface area contributed by atoms with E-state index in [1.165, 1.54) is 62.9 Å². The summed E-state index contributed by atoms with van der Waals surface area (Å²) in [4.78, 5) is 21.0. The number of rotatable bonds is 6. The molecule has 0 radical (unpaired) electrons. The third-order valence-corrected chi connectivity index (χ3v) is 8.48. The molecule has 39 heavy (non-hydrogen) atoms. The van der Waals surface area contributed by atoms with Crippen molar-refractivity contribution in [2.24, 2.45) is 5.41 Å². The number of methoxy groups -OCH3 is 1. The number of nitrogens with one attached hydrogen (secondary N) is 1. The Morgan fingerprint density at radius 1 is 1.05 bits per heavy atom. The van der Waals surface area contributed by atoms with Crippen LogP contribution in [0.25, 0.3) is 11.1 Å². The number of carbonyl (C=O) groups excluding carboxylic acids is 1. The lowest BCUT2D eigenvalue weighted by molar-refractivity contribution is -0.0944. The van der Waals surface area contributed by atoms with Gasteiger partial charge in [0.2, 0.25) is 5.13 Å². The Labute approximate surface area is 240 Å². The molecule has 3 saturated carbocycles. The van der Waals surface area contributed by atoms with Crippen LogP contribution >= 0.6 is 22.9 Å². The molecule has 3 aromatic rings. The minimum absolute atomic E-state index is 0.241. The lowest BCUT2D eigenvalue weighted by Crippen LogP contribution is -2.45. The molecule has 0 aliphatic heterocycles. The van der Waals surface area contributed by atoms with Gasteiger partial charge in [-0.1, -0.05) is 50.1 Å². The van der Waals surface area contributed by atoms with Crippen LogP contribution in [0.1, 0.15) is 93.2 Å². The smallest absolute Gasteiger partial charge is 0.259 e. The summed E-state index contributed by atoms with van der Waals surface area (Å²) >= 11 is 7.32. The van der Waals surface area contributed by atoms with Crippen molar-refractivity contribution in [1.82, 2.24) is 20.2 Å². The van der Waals surface area contributed by atoms with Gasteiger partial charge in [0.25, 0.3) is 5.91 Å². The maximum absolute atomic E-state index is 12.7. The minimum Gasteiger partial charge on any atom is -0.494 e. The van der Waals surface area contributed by atoms with Gasteiger partial charge in [-0.2, -0.15) is 0 Å². The normalized spacial score (nSPS) is 21.2. The number of pyridine rings is 2. The number of aryl methyl sites for hydroxylation is 2. The second-order valence-corrected chi connectivity index (χ2v) is 11.7. The summed E-state index contributed by atoms with van der Waals surface area (Å²) in [5.41, 5.74) is 2.85. The van der Waals surface area contributed by atoms with E-state index in [2.05, 4.69) is 32.4 Å². The number of hydrogen-bond donors (Lipinski definition) is 2. The fourth-order valence-corrected chi connectivity index (χ4v) is 6.16. The third-order valence-electron chi connectivity index (χ3n) is 7.52. The highest BCUT2D eigenvalue weighted by Crippen LogP contribution is 2.54. The van der Waals surface area contributed by atoms with Crippen molar-refractivity contribution >= 4 is 34.0 Å². The van der Waals surface area contributed by atoms with Crippen LogP contribution in [0.2, 0.25) is 5.15 Å². The van der Waals surface area contributed by atoms with Crippen LogP contribution in [0, 0.1) is 19.3 Å². The van der Waals surface area contributed by atoms with Crippen LogP contribution in [0.3, 0.4) is 0 Å². The number of halogens is 1. The van der Waals surface area contributed by atoms with E-state index in [9.17, 15) is 9.90 Å². The fraction of sp³-hybridized carbons (Fsp3) is 0.552. The molecule has 8 nitrogen and oxygen atoms in total. The summed E-state index contributed by atoms with van der Waals surface area (Å²) in [6.45, 7) is 9.94. The highest BCUT2D eigenvalue weighted by molar-refractivity contribution is 7.15. The number of nitrogens with zero attached hydrogens (tertiary/aromatic N) is 4. The van der Waals surface area contributed by atoms with Crippen molar-refractivity contribution in [3.05, 3.63) is 45.9 Å². The number of aliphatic hydroxyl groups is 1. The molecule has 2 bridgehead atoms. The Morgan fingerprint density at radius 3 is 2.28 bits per heavy atom. The minimum atomic E-state index is -0.339. The first-order valence-electron chi connectivity index (χ1n) is 13.7. The molecule has 0 aromatic carbocycles. The van der Waals surface area contributed by atoms with Gasteiger partial charge in [-0.15, -0.1) is 10.2 Å². The van der Waals surface area contributed by atoms with Crippen molar-refractivity contribution in [3.8, 4) is 16.9 Å². The van der Waals surface area contributed by atoms with Crippen LogP contribution in [-0.4, -0.2) is 43.9 Å². The summed E-state index contributed by atoms with van der Waals surface area (Å²) in [6.07, 6.45) is 12.8. The van der Waals surface area contributed by atoms with E-state index in [0.29, 0.717) is 38.1 Å². The van der Waals surface area contributed by atoms with E-state index >= 15 is 0 Å². The van der Waals surface area contributed by atoms with Gasteiger partial charge in [-0.3, -0.25) is 15.1 Å². The van der Waals surface area contributed by atoms with Gasteiger partial charge < -0.3 is 9.84 Å². The molecular formula is C29H40ClN5O3S. The summed E-state index contributed by atoms with van der Waals surface area (Å²) in [6, 6.07) is 3.45. The van der Waals surface area contributed by atoms with Gasteiger partial charge in [-0.05, 0) is 76.3 Å². The number of ether oxygens (including phenoxy) is 1. The standard InChI is InChI=1S/C16H14ClN5O2S.C11H20O.C2H6/c1-8-4-10(11-5-14(17)19-7-13(11)24-3)12(6-18-8)15(23)20-16-22-21-9(2)25-16;1-2-3-10-4-7-11(12,8-5-10)9-6-10;1-2/h4-7H,1-3H3,(H,20,22,23);12H,2-9H2,1H3;1-2H3. The zero-order chi connectivity index (χ0) is 28.6. The molecule has 212 valence electrons. The molecule has 0 spiro atoms. The number of amides is 1. The van der Waals surface area contributed by atoms with E-state index in [4.69, 9.17) is 16.3 Å². The van der Waals surface area contributed by atoms with Crippen LogP contribution < -0.4 is 10.1 Å². The molecule has 3 fully saturated rings. The molecule has 0 atom stereocenters. The zero-order valence-corrected chi connectivity index (χ0v) is 25.4. The SMILES string of the molecule is CC.CCCC12CCC(O)(CC1)CC2.COc1cnc(Cl)cc1-c1cc(C)ncc1C(=O)Nc1nnc(C)s1. The predicted octanol–water partition coefficient (Wildman–Crippen LogP) is 7.42. The van der Waals surface area contributed by atoms with Gasteiger partial charge in [0.1, 0.15) is 15.9 Å². The van der Waals surface area contributed by atoms with Gasteiger partial charge in [0.15, 0.2) is 0 Å². The van der Waals surface area contributed by atoms with E-state index in [1.807, 2.05) is 27.7 Å². The molecule has 3 aromatic heterocycles. The third kappa shape index (κ3) is 7.74. The largest absolute Gasteiger partial charge is 0.494 e. The Bertz CT molecular complexity index is 1240. The average molecular weight is 574 g/mol. The highest BCUT2D eigenvalue weighted by Gasteiger charge is 2.46. The molecule has 0 saturated heterocycles. The summed E-state index contributed by atoms with van der Waals surface area (Å²) in [5.74, 6) is 0.171. The molecule has 10 heteroatoms. The molecule has 3 aliphatic rings. The lowest BCUT2D eigenvalue weighted by atomic mass is 9.57. The first kappa shape index (κ1) is 30.9. The van der Waals surface area contributed by atoms with Crippen LogP contribution in [0.15, 0.2) is 24.5 Å². The summed E-state index contributed by atoms with van der Waals surface area (Å²) < 4.78 is 5.36. The number of aromatic nitrogens is 4. The molecule has 3 aliphatic carbocycles. The second-order valence-electron chi connectivity index (χ2n) is 10.1. The molecule has 1 amide bonds. The van der Waals surface area contributed by atoms with Crippen molar-refractivity contribution in [3.63, 3.8) is 0 Å². The molecule has 6 rings (SSSR count). The maximum Gasteiger partial charge on any atom is 0.259 e. The maximum atomic E-state index is 12.7. The number of carbonyl (C=O) groups is 1. The van der Waals surface area contributed by atoms with E-state index in [1.54, 1.807) is 12.1 Å². The Morgan fingerprint density at radius 2 is 1.72 bits per heavy atom. The quantitative estimate of drug-likeness (QED) is 0.295. The lowest BCUT2D eigenvalue weighted by Gasteiger charge is -2.51. The summed E-state index contributed by atoms with van der Waals surface area (Å²) in [5, 5.41) is 22.0. The number of hydrogen-bond acceptors (Lipinski definition) is 8. The van der Waals surface area contributed by atoms with Crippen LogP contribution in [-0.2, 0) is 0 Å². The van der Waals surface area contributed by atoms with Crippen LogP contribution in [0.5, 0.6) is 5.75 Å². The van der Waals surface area contributed by atoms with Crippen molar-refractivity contribution in [1.29, 1.82) is 0 Å². The van der Waals surface area contributed by atoms with Gasteiger partial charge in [-0.25, -0.2) is 4.98 Å². The molecular weight excluding hydrogens is 534 g/mol. The first-order valence-corrected chi connectivity index (χ1v) is 14.9. The monoisotopic (exact) mass is 573 g/mol. The van der Waals surface area contributed by atoms with E-state index < -0.39 is 0 Å². The highest BCUT2D eigenvalue weighted by atomic mass is 35.5. The average Bonchev–Trinajstić information content (AvgIpc) is 3.35. The van der Waals surface area contributed by atoms with Crippen molar-refractivity contribution in [2.45, 2.75) is 91.6 Å². The van der Waals surface area contributed by atoms with Crippen molar-refractivity contribution < 1.29 is 14.6 Å². The molecule has 3 heterocycles. The Balaban J connectivity index is 0.000000250. The number of anilines is 1. The van der Waals surface area contributed by atoms with Gasteiger partial charge in [0.05, 0.1) is 24.5 Å². The summed E-state index contributed by atoms with van der Waals surface area (Å²) in [7, 11) is 1.53. The van der Waals surface area contributed by atoms with Crippen molar-refractivity contribution in [2.75, 3.05) is 12.4 Å². The molecule has 2 N–H and O–H groups in total. The number of fused-ring (bicyclic) bond motifs is 3. The van der Waals surface area contributed by atoms with Gasteiger partial charge in [0, 0.05) is 23.0 Å². The second kappa shape index (κ2) is 13.6. The Hall–Kier alpha value is -2.62. The predicted molar refractivity (Wildman–Crippen MR) is 158 cm³/mol. The van der Waals surface area contributed by atoms with Crippen LogP contribution in [0.4, 0.5) is 5.13 Å². The fourth-order valence-electron chi connectivity index (χ4n) is 5.41. The first-order chi connectivity index (χ1) is 18.7. The van der Waals surface area contributed by atoms with E-state index in [-0.39, 0.29) is 11.5 Å². The Kier molecular flexibility index (Phi) is 10.8. The molecule has 0 unspecified atom stereocenters. The topological polar surface area (TPSA) is 110 Å². The van der Waals surface area contributed by atoms with Gasteiger partial charge >= 0.3 is 0 Å². The van der Waals surface area contributed by atoms with E-state index in [0.717, 1.165) is 30.0 Å². The zero-order valence-electron chi connectivity index (χ0n) is 23.8.